The van der Waals surface area contributed by atoms with Crippen LogP contribution in [0.1, 0.15) is 37.3 Å². The van der Waals surface area contributed by atoms with Crippen molar-refractivity contribution in [1.82, 2.24) is 9.78 Å². The average molecular weight is 246 g/mol. The third-order valence-corrected chi connectivity index (χ3v) is 3.60. The Labute approximate surface area is 104 Å². The highest BCUT2D eigenvalue weighted by Gasteiger charge is 2.20. The van der Waals surface area contributed by atoms with Gasteiger partial charge in [-0.25, -0.2) is 9.07 Å². The van der Waals surface area contributed by atoms with E-state index < -0.39 is 0 Å². The maximum Gasteiger partial charge on any atom is 0.271 e. The normalized spacial score (nSPS) is 16.3. The summed E-state index contributed by atoms with van der Waals surface area (Å²) in [6.45, 7) is 0. The number of benzene rings is 1. The number of hydrogen-bond acceptors (Lipinski definition) is 1. The Morgan fingerprint density at radius 1 is 1.22 bits per heavy atom. The first-order valence-electron chi connectivity index (χ1n) is 6.32. The van der Waals surface area contributed by atoms with E-state index in [1.807, 2.05) is 0 Å². The van der Waals surface area contributed by atoms with Gasteiger partial charge in [-0.15, -0.1) is 0 Å². The first-order chi connectivity index (χ1) is 8.74. The van der Waals surface area contributed by atoms with Gasteiger partial charge in [0.2, 0.25) is 0 Å². The van der Waals surface area contributed by atoms with Gasteiger partial charge in [-0.3, -0.25) is 9.89 Å². The van der Waals surface area contributed by atoms with Crippen molar-refractivity contribution < 1.29 is 4.39 Å². The van der Waals surface area contributed by atoms with Gasteiger partial charge in [0, 0.05) is 17.7 Å². The second kappa shape index (κ2) is 4.44. The Morgan fingerprint density at radius 3 is 2.72 bits per heavy atom. The van der Waals surface area contributed by atoms with Crippen LogP contribution in [-0.2, 0) is 0 Å². The Balaban J connectivity index is 2.00. The van der Waals surface area contributed by atoms with Crippen LogP contribution in [0, 0.1) is 5.82 Å². The molecule has 0 bridgehead atoms. The molecule has 2 aromatic rings. The number of nitrogens with zero attached hydrogens (tertiary/aromatic N) is 1. The minimum absolute atomic E-state index is 0.123. The van der Waals surface area contributed by atoms with Crippen molar-refractivity contribution in [2.75, 3.05) is 0 Å². The molecule has 0 aliphatic heterocycles. The largest absolute Gasteiger partial charge is 0.295 e. The molecule has 3 nitrogen and oxygen atoms in total. The predicted octanol–water partition coefficient (Wildman–Crippen LogP) is 2.96. The number of aromatic nitrogens is 2. The fraction of sp³-hybridized carbons (Fsp3) is 0.357. The van der Waals surface area contributed by atoms with Gasteiger partial charge in [-0.1, -0.05) is 18.9 Å². The summed E-state index contributed by atoms with van der Waals surface area (Å²) in [5.74, 6) is 0.115. The molecule has 1 N–H and O–H groups in total. The summed E-state index contributed by atoms with van der Waals surface area (Å²) in [6.07, 6.45) is 4.70. The van der Waals surface area contributed by atoms with Crippen LogP contribution in [-0.4, -0.2) is 9.78 Å². The number of aromatic amines is 1. The lowest BCUT2D eigenvalue weighted by Gasteiger charge is -2.06. The van der Waals surface area contributed by atoms with Gasteiger partial charge in [0.1, 0.15) is 5.82 Å². The standard InChI is InChI=1S/C14H15FN2O/c15-11-6-3-7-12(8-11)17-14(18)9-13(16-17)10-4-1-2-5-10/h3,6-10,16H,1-2,4-5H2. The first kappa shape index (κ1) is 11.3. The van der Waals surface area contributed by atoms with E-state index in [1.54, 1.807) is 18.2 Å². The van der Waals surface area contributed by atoms with E-state index in [-0.39, 0.29) is 11.4 Å². The molecule has 3 rings (SSSR count). The van der Waals surface area contributed by atoms with Crippen LogP contribution >= 0.6 is 0 Å². The molecule has 1 aliphatic rings. The number of rotatable bonds is 2. The molecule has 1 aromatic carbocycles. The van der Waals surface area contributed by atoms with Crippen LogP contribution in [0.5, 0.6) is 0 Å². The molecule has 94 valence electrons. The van der Waals surface area contributed by atoms with Crippen LogP contribution in [0.15, 0.2) is 35.1 Å². The van der Waals surface area contributed by atoms with E-state index in [0.717, 1.165) is 18.5 Å². The second-order valence-electron chi connectivity index (χ2n) is 4.85. The van der Waals surface area contributed by atoms with Crippen LogP contribution in [0.3, 0.4) is 0 Å². The third kappa shape index (κ3) is 1.98. The van der Waals surface area contributed by atoms with Crippen LogP contribution < -0.4 is 5.56 Å². The van der Waals surface area contributed by atoms with Gasteiger partial charge in [0.15, 0.2) is 0 Å². The predicted molar refractivity (Wildman–Crippen MR) is 67.6 cm³/mol. The van der Waals surface area contributed by atoms with Crippen molar-refractivity contribution >= 4 is 0 Å². The first-order valence-corrected chi connectivity index (χ1v) is 6.32. The third-order valence-electron chi connectivity index (χ3n) is 3.60. The molecule has 0 atom stereocenters. The van der Waals surface area contributed by atoms with Crippen molar-refractivity contribution in [3.8, 4) is 5.69 Å². The zero-order chi connectivity index (χ0) is 12.5. The molecule has 0 amide bonds. The highest BCUT2D eigenvalue weighted by atomic mass is 19.1. The SMILES string of the molecule is O=c1cc(C2CCCC2)[nH]n1-c1cccc(F)c1. The quantitative estimate of drug-likeness (QED) is 0.869. The van der Waals surface area contributed by atoms with Gasteiger partial charge >= 0.3 is 0 Å². The zero-order valence-electron chi connectivity index (χ0n) is 10.0. The fourth-order valence-corrected chi connectivity index (χ4v) is 2.67. The fourth-order valence-electron chi connectivity index (χ4n) is 2.67. The summed E-state index contributed by atoms with van der Waals surface area (Å²) in [5, 5.41) is 3.10. The molecule has 0 radical (unpaired) electrons. The summed E-state index contributed by atoms with van der Waals surface area (Å²) in [6, 6.07) is 7.69. The molecule has 1 aliphatic carbocycles. The molecule has 1 saturated carbocycles. The molecule has 0 saturated heterocycles. The van der Waals surface area contributed by atoms with Gasteiger partial charge in [-0.2, -0.15) is 0 Å². The van der Waals surface area contributed by atoms with Crippen molar-refractivity contribution in [2.24, 2.45) is 0 Å². The second-order valence-corrected chi connectivity index (χ2v) is 4.85. The zero-order valence-corrected chi connectivity index (χ0v) is 10.0. The highest BCUT2D eigenvalue weighted by Crippen LogP contribution is 2.32. The molecule has 0 spiro atoms. The van der Waals surface area contributed by atoms with Crippen LogP contribution in [0.25, 0.3) is 5.69 Å². The minimum atomic E-state index is -0.337. The average Bonchev–Trinajstić information content (AvgIpc) is 2.97. The molecular weight excluding hydrogens is 231 g/mol. The van der Waals surface area contributed by atoms with E-state index in [9.17, 15) is 9.18 Å². The smallest absolute Gasteiger partial charge is 0.271 e. The molecule has 0 unspecified atom stereocenters. The molecule has 4 heteroatoms. The van der Waals surface area contributed by atoms with Gasteiger partial charge in [0.25, 0.3) is 5.56 Å². The van der Waals surface area contributed by atoms with Crippen LogP contribution in [0.4, 0.5) is 4.39 Å². The minimum Gasteiger partial charge on any atom is -0.295 e. The highest BCUT2D eigenvalue weighted by molar-refractivity contribution is 5.31. The van der Waals surface area contributed by atoms with E-state index in [4.69, 9.17) is 0 Å². The van der Waals surface area contributed by atoms with Crippen molar-refractivity contribution in [1.29, 1.82) is 0 Å². The lowest BCUT2D eigenvalue weighted by atomic mass is 10.1. The van der Waals surface area contributed by atoms with Crippen molar-refractivity contribution in [3.63, 3.8) is 0 Å². The van der Waals surface area contributed by atoms with Crippen molar-refractivity contribution in [3.05, 3.63) is 52.2 Å². The maximum absolute atomic E-state index is 13.2. The summed E-state index contributed by atoms with van der Waals surface area (Å²) < 4.78 is 14.6. The molecule has 1 aromatic heterocycles. The molecule has 1 heterocycles. The topological polar surface area (TPSA) is 37.8 Å². The Bertz CT molecular complexity index is 608. The maximum atomic E-state index is 13.2. The Kier molecular flexibility index (Phi) is 2.78. The van der Waals surface area contributed by atoms with Gasteiger partial charge < -0.3 is 0 Å². The van der Waals surface area contributed by atoms with E-state index in [0.29, 0.717) is 11.6 Å². The summed E-state index contributed by atoms with van der Waals surface area (Å²) in [5.41, 5.74) is 1.40. The van der Waals surface area contributed by atoms with E-state index in [2.05, 4.69) is 5.10 Å². The molecule has 18 heavy (non-hydrogen) atoms. The lowest BCUT2D eigenvalue weighted by molar-refractivity contribution is 0.623. The number of halogens is 1. The number of H-pyrrole nitrogens is 1. The van der Waals surface area contributed by atoms with Crippen LogP contribution in [0.2, 0.25) is 0 Å². The lowest BCUT2D eigenvalue weighted by Crippen LogP contribution is -2.13. The summed E-state index contributed by atoms with van der Waals surface area (Å²) >= 11 is 0. The molecular formula is C14H15FN2O. The van der Waals surface area contributed by atoms with Gasteiger partial charge in [-0.05, 0) is 31.0 Å². The summed E-state index contributed by atoms with van der Waals surface area (Å²) in [4.78, 5) is 11.9. The number of hydrogen-bond donors (Lipinski definition) is 1. The van der Waals surface area contributed by atoms with Gasteiger partial charge in [0.05, 0.1) is 5.69 Å². The monoisotopic (exact) mass is 246 g/mol. The summed E-state index contributed by atoms with van der Waals surface area (Å²) in [7, 11) is 0. The van der Waals surface area contributed by atoms with E-state index >= 15 is 0 Å². The Hall–Kier alpha value is -1.84. The number of nitrogens with one attached hydrogen (secondary N) is 1. The molecule has 1 fully saturated rings. The van der Waals surface area contributed by atoms with Crippen molar-refractivity contribution in [2.45, 2.75) is 31.6 Å². The Morgan fingerprint density at radius 2 is 2.00 bits per heavy atom. The van der Waals surface area contributed by atoms with E-state index in [1.165, 1.54) is 29.7 Å².